The number of nitrogens with two attached hydrogens (primary N) is 2. The molecule has 1 amide bonds. The summed E-state index contributed by atoms with van der Waals surface area (Å²) < 4.78 is 10.3. The Morgan fingerprint density at radius 1 is 0.800 bits per heavy atom. The minimum atomic E-state index is -1.05. The Morgan fingerprint density at radius 3 is 1.97 bits per heavy atom. The van der Waals surface area contributed by atoms with Crippen molar-refractivity contribution in [2.75, 3.05) is 28.9 Å². The molecule has 0 spiro atoms. The van der Waals surface area contributed by atoms with E-state index in [4.69, 9.17) is 20.9 Å². The van der Waals surface area contributed by atoms with Crippen LogP contribution < -0.4 is 22.3 Å². The monoisotopic (exact) mass is 488 g/mol. The summed E-state index contributed by atoms with van der Waals surface area (Å²) in [5.74, 6) is -3.12. The lowest BCUT2D eigenvalue weighted by atomic mass is 10.1. The van der Waals surface area contributed by atoms with Crippen LogP contribution in [0.4, 0.5) is 22.7 Å². The molecule has 0 saturated heterocycles. The third-order valence-corrected chi connectivity index (χ3v) is 4.35. The maximum Gasteiger partial charge on any atom is 0.356 e. The van der Waals surface area contributed by atoms with Gasteiger partial charge in [-0.1, -0.05) is 4.99 Å². The fraction of sp³-hybridized carbons (Fsp3) is 0.304. The number of benzene rings is 2. The highest BCUT2D eigenvalue weighted by molar-refractivity contribution is 6.01. The number of nitrogen functional groups attached to an aromatic ring is 2. The van der Waals surface area contributed by atoms with Gasteiger partial charge in [0.1, 0.15) is 18.4 Å². The van der Waals surface area contributed by atoms with Crippen LogP contribution >= 0.6 is 0 Å². The molecule has 12 nitrogen and oxygen atoms in total. The van der Waals surface area contributed by atoms with Crippen LogP contribution in [-0.2, 0) is 38.5 Å². The van der Waals surface area contributed by atoms with E-state index in [9.17, 15) is 19.2 Å². The first-order valence-corrected chi connectivity index (χ1v) is 10.5. The number of carbonyl (C=O) groups excluding carboxylic acids is 4. The van der Waals surface area contributed by atoms with E-state index in [2.05, 4.69) is 20.7 Å². The highest BCUT2D eigenvalue weighted by atomic mass is 17.3. The molecule has 6 N–H and O–H groups in total. The van der Waals surface area contributed by atoms with Crippen LogP contribution in [0.25, 0.3) is 0 Å². The number of amides is 1. The topological polar surface area (TPSA) is 181 Å². The minimum absolute atomic E-state index is 0.104. The molecule has 0 radical (unpaired) electrons. The number of ether oxygens (including phenoxy) is 2. The van der Waals surface area contributed by atoms with Gasteiger partial charge in [-0.3, -0.25) is 19.3 Å². The van der Waals surface area contributed by atoms with Crippen LogP contribution in [0.1, 0.15) is 33.1 Å². The molecule has 0 unspecified atom stereocenters. The Hall–Kier alpha value is -4.32. The predicted molar refractivity (Wildman–Crippen MR) is 126 cm³/mol. The highest BCUT2D eigenvalue weighted by Gasteiger charge is 2.26. The van der Waals surface area contributed by atoms with E-state index in [1.165, 1.54) is 0 Å². The van der Waals surface area contributed by atoms with Gasteiger partial charge in [0.2, 0.25) is 5.91 Å². The van der Waals surface area contributed by atoms with Gasteiger partial charge in [0.15, 0.2) is 0 Å². The van der Waals surface area contributed by atoms with Gasteiger partial charge in [0, 0.05) is 23.5 Å². The molecule has 0 atom stereocenters. The van der Waals surface area contributed by atoms with Crippen LogP contribution in [0.5, 0.6) is 0 Å². The molecule has 0 heterocycles. The smallest absolute Gasteiger partial charge is 0.356 e. The molecule has 2 aromatic carbocycles. The van der Waals surface area contributed by atoms with Gasteiger partial charge >= 0.3 is 17.9 Å². The second-order valence-electron chi connectivity index (χ2n) is 7.99. The fourth-order valence-electron chi connectivity index (χ4n) is 2.57. The number of anilines is 4. The molecule has 0 aromatic heterocycles. The van der Waals surface area contributed by atoms with E-state index < -0.39 is 42.3 Å². The van der Waals surface area contributed by atoms with Gasteiger partial charge in [-0.25, -0.2) is 10.3 Å². The molecule has 2 rings (SSSR count). The van der Waals surface area contributed by atoms with E-state index in [1.54, 1.807) is 62.4 Å². The van der Waals surface area contributed by atoms with Crippen molar-refractivity contribution < 1.29 is 38.5 Å². The molecule has 0 saturated carbocycles. The van der Waals surface area contributed by atoms with E-state index in [1.807, 2.05) is 0 Å². The van der Waals surface area contributed by atoms with Gasteiger partial charge in [-0.15, -0.1) is 0 Å². The van der Waals surface area contributed by atoms with Crippen molar-refractivity contribution >= 4 is 46.6 Å². The Morgan fingerprint density at radius 2 is 1.37 bits per heavy atom. The minimum Gasteiger partial charge on any atom is -0.465 e. The predicted octanol–water partition coefficient (Wildman–Crippen LogP) is 2.33. The zero-order valence-electron chi connectivity index (χ0n) is 19.4. The van der Waals surface area contributed by atoms with Crippen LogP contribution in [0.2, 0.25) is 0 Å². The largest absolute Gasteiger partial charge is 0.465 e. The lowest BCUT2D eigenvalue weighted by molar-refractivity contribution is -0.255. The number of rotatable bonds is 12. The molecule has 0 bridgehead atoms. The summed E-state index contributed by atoms with van der Waals surface area (Å²) >= 11 is 0. The second-order valence-corrected chi connectivity index (χ2v) is 7.99. The molecule has 12 heteroatoms. The van der Waals surface area contributed by atoms with Crippen LogP contribution in [0.3, 0.4) is 0 Å². The Balaban J connectivity index is 1.62. The molecular weight excluding hydrogens is 460 g/mol. The first kappa shape index (κ1) is 26.9. The van der Waals surface area contributed by atoms with E-state index >= 15 is 0 Å². The summed E-state index contributed by atoms with van der Waals surface area (Å²) in [5.41, 5.74) is 14.5. The zero-order valence-corrected chi connectivity index (χ0v) is 19.4. The molecule has 0 aliphatic rings. The third kappa shape index (κ3) is 10.9. The molecule has 2 aromatic rings. The van der Waals surface area contributed by atoms with Crippen LogP contribution in [0, 0.1) is 0 Å². The standard InChI is InChI=1S/C23H28N4O8/c1-23(2,11-12-32-20(29)13-19(28)26-17-7-3-15(24)4-8-17)33-21(30)14-22(31)34-35-27-18-9-5-16(25)6-10-18/h3-10,27H,11-14,24-25H2,1-2H3,(H,26,28). The number of esters is 2. The van der Waals surface area contributed by atoms with E-state index in [-0.39, 0.29) is 13.0 Å². The van der Waals surface area contributed by atoms with Gasteiger partial charge in [-0.05, 0) is 62.4 Å². The first-order valence-electron chi connectivity index (χ1n) is 10.5. The van der Waals surface area contributed by atoms with Crippen LogP contribution in [-0.4, -0.2) is 36.0 Å². The zero-order chi connectivity index (χ0) is 25.8. The van der Waals surface area contributed by atoms with Gasteiger partial charge in [0.05, 0.1) is 12.3 Å². The summed E-state index contributed by atoms with van der Waals surface area (Å²) in [6.07, 6.45) is -1.05. The van der Waals surface area contributed by atoms with Crippen molar-refractivity contribution in [3.8, 4) is 0 Å². The van der Waals surface area contributed by atoms with E-state index in [0.717, 1.165) is 0 Å². The molecule has 0 aliphatic carbocycles. The summed E-state index contributed by atoms with van der Waals surface area (Å²) in [7, 11) is 0. The van der Waals surface area contributed by atoms with E-state index in [0.29, 0.717) is 22.7 Å². The van der Waals surface area contributed by atoms with Crippen molar-refractivity contribution in [2.45, 2.75) is 38.7 Å². The third-order valence-electron chi connectivity index (χ3n) is 4.35. The van der Waals surface area contributed by atoms with Gasteiger partial charge in [0.25, 0.3) is 0 Å². The molecule has 0 fully saturated rings. The number of hydrogen-bond acceptors (Lipinski definition) is 11. The van der Waals surface area contributed by atoms with Gasteiger partial charge in [-0.2, -0.15) is 0 Å². The molecule has 35 heavy (non-hydrogen) atoms. The average Bonchev–Trinajstić information content (AvgIpc) is 2.76. The van der Waals surface area contributed by atoms with Gasteiger partial charge < -0.3 is 26.3 Å². The quantitative estimate of drug-likeness (QED) is 0.113. The van der Waals surface area contributed by atoms with Crippen molar-refractivity contribution in [1.82, 2.24) is 0 Å². The molecular formula is C23H28N4O8. The molecule has 0 aliphatic heterocycles. The fourth-order valence-corrected chi connectivity index (χ4v) is 2.57. The van der Waals surface area contributed by atoms with Crippen molar-refractivity contribution in [1.29, 1.82) is 0 Å². The summed E-state index contributed by atoms with van der Waals surface area (Å²) in [6, 6.07) is 12.9. The summed E-state index contributed by atoms with van der Waals surface area (Å²) in [4.78, 5) is 56.5. The number of hydrogen-bond donors (Lipinski definition) is 4. The Kier molecular flexibility index (Phi) is 9.84. The van der Waals surface area contributed by atoms with Crippen molar-refractivity contribution in [3.63, 3.8) is 0 Å². The number of carbonyl (C=O) groups is 4. The SMILES string of the molecule is CC(C)(CCOC(=O)CC(=O)Nc1ccc(N)cc1)OC(=O)CC(=O)OONc1ccc(N)cc1. The lowest BCUT2D eigenvalue weighted by Gasteiger charge is -2.24. The van der Waals surface area contributed by atoms with Crippen molar-refractivity contribution in [2.24, 2.45) is 0 Å². The molecule has 188 valence electrons. The first-order chi connectivity index (χ1) is 16.5. The van der Waals surface area contributed by atoms with Crippen molar-refractivity contribution in [3.05, 3.63) is 48.5 Å². The number of nitrogens with one attached hydrogen (secondary N) is 2. The summed E-state index contributed by atoms with van der Waals surface area (Å²) in [5, 5.41) is 2.55. The Labute approximate surface area is 201 Å². The van der Waals surface area contributed by atoms with Crippen LogP contribution in [0.15, 0.2) is 48.5 Å². The Bertz CT molecular complexity index is 1020. The maximum absolute atomic E-state index is 12.0. The normalized spacial score (nSPS) is 10.7. The maximum atomic E-state index is 12.0. The average molecular weight is 488 g/mol. The lowest BCUT2D eigenvalue weighted by Crippen LogP contribution is -2.31. The highest BCUT2D eigenvalue weighted by Crippen LogP contribution is 2.16. The second kappa shape index (κ2) is 12.8. The summed E-state index contributed by atoms with van der Waals surface area (Å²) in [6.45, 7) is 3.06.